The van der Waals surface area contributed by atoms with Gasteiger partial charge in [0.05, 0.1) is 6.61 Å². The molecule has 0 fully saturated rings. The van der Waals surface area contributed by atoms with E-state index in [0.717, 1.165) is 89.9 Å². The molecule has 1 unspecified atom stereocenters. The summed E-state index contributed by atoms with van der Waals surface area (Å²) < 4.78 is 17.4. The molecule has 0 saturated carbocycles. The van der Waals surface area contributed by atoms with E-state index in [9.17, 15) is 9.59 Å². The van der Waals surface area contributed by atoms with Crippen molar-refractivity contribution in [3.8, 4) is 0 Å². The topological polar surface area (TPSA) is 61.8 Å². The summed E-state index contributed by atoms with van der Waals surface area (Å²) in [6.07, 6.45) is 73.5. The van der Waals surface area contributed by atoms with Crippen LogP contribution in [0.4, 0.5) is 0 Å². The first kappa shape index (κ1) is 63.3. The van der Waals surface area contributed by atoms with Gasteiger partial charge in [0.15, 0.2) is 6.10 Å². The molecule has 0 radical (unpaired) electrons. The van der Waals surface area contributed by atoms with Gasteiger partial charge in [-0.25, -0.2) is 0 Å². The number of carbonyl (C=O) groups excluding carboxylic acids is 2. The van der Waals surface area contributed by atoms with Crippen molar-refractivity contribution in [2.24, 2.45) is 0 Å². The zero-order valence-corrected chi connectivity index (χ0v) is 44.0. The van der Waals surface area contributed by atoms with Crippen molar-refractivity contribution < 1.29 is 23.8 Å². The van der Waals surface area contributed by atoms with Crippen molar-refractivity contribution in [3.05, 3.63) is 72.9 Å². The molecule has 0 saturated heterocycles. The Morgan fingerprint density at radius 3 is 1.12 bits per heavy atom. The number of hydrogen-bond donors (Lipinski definition) is 0. The molecule has 0 spiro atoms. The highest BCUT2D eigenvalue weighted by molar-refractivity contribution is 5.70. The minimum absolute atomic E-state index is 0.0695. The summed E-state index contributed by atoms with van der Waals surface area (Å²) in [6, 6.07) is 0. The van der Waals surface area contributed by atoms with Gasteiger partial charge in [-0.2, -0.15) is 0 Å². The van der Waals surface area contributed by atoms with Crippen LogP contribution in [0.1, 0.15) is 278 Å². The number of rotatable bonds is 52. The molecular formula is C61H108O5. The molecule has 66 heavy (non-hydrogen) atoms. The highest BCUT2D eigenvalue weighted by Gasteiger charge is 2.17. The second-order valence-corrected chi connectivity index (χ2v) is 18.8. The van der Waals surface area contributed by atoms with Gasteiger partial charge >= 0.3 is 11.9 Å². The average Bonchev–Trinajstić information content (AvgIpc) is 3.32. The molecule has 0 heterocycles. The molecule has 5 nitrogen and oxygen atoms in total. The number of esters is 2. The maximum Gasteiger partial charge on any atom is 0.306 e. The van der Waals surface area contributed by atoms with Gasteiger partial charge in [0.25, 0.3) is 0 Å². The Labute approximate surface area is 410 Å². The minimum Gasteiger partial charge on any atom is -0.462 e. The molecule has 0 aliphatic heterocycles. The normalized spacial score (nSPS) is 12.7. The van der Waals surface area contributed by atoms with Crippen LogP contribution in [0.5, 0.6) is 0 Å². The monoisotopic (exact) mass is 921 g/mol. The first-order chi connectivity index (χ1) is 32.6. The standard InChI is InChI=1S/C61H108O5/c1-4-7-10-13-16-19-22-25-28-30-31-33-34-36-39-42-45-48-51-54-60(62)65-58-59(57-64-56-53-50-47-44-41-38-27-24-21-18-15-12-9-6-3)66-61(63)55-52-49-46-43-40-37-35-32-29-26-23-20-17-14-11-8-5-2/h9,12,16,18-19,21,25,27-28,31,33,38,59H,4-8,10-11,13-15,17,20,22-24,26,29-30,32,34-37,39-58H2,1-3H3/b12-9-,19-16-,21-18-,28-25-,33-31-,38-27-. The molecule has 382 valence electrons. The van der Waals surface area contributed by atoms with Gasteiger partial charge in [-0.3, -0.25) is 9.59 Å². The summed E-state index contributed by atoms with van der Waals surface area (Å²) in [4.78, 5) is 25.5. The van der Waals surface area contributed by atoms with E-state index in [2.05, 4.69) is 93.7 Å². The quantitative estimate of drug-likeness (QED) is 0.0346. The predicted molar refractivity (Wildman–Crippen MR) is 288 cm³/mol. The number of carbonyl (C=O) groups is 2. The van der Waals surface area contributed by atoms with Crippen LogP contribution in [0, 0.1) is 0 Å². The van der Waals surface area contributed by atoms with Gasteiger partial charge in [0.1, 0.15) is 6.61 Å². The van der Waals surface area contributed by atoms with E-state index in [0.29, 0.717) is 19.4 Å². The largest absolute Gasteiger partial charge is 0.462 e. The van der Waals surface area contributed by atoms with E-state index < -0.39 is 6.10 Å². The van der Waals surface area contributed by atoms with Crippen LogP contribution in [0.25, 0.3) is 0 Å². The van der Waals surface area contributed by atoms with Crippen LogP contribution < -0.4 is 0 Å². The van der Waals surface area contributed by atoms with Crippen LogP contribution >= 0.6 is 0 Å². The second-order valence-electron chi connectivity index (χ2n) is 18.8. The lowest BCUT2D eigenvalue weighted by Gasteiger charge is -2.18. The lowest BCUT2D eigenvalue weighted by Crippen LogP contribution is -2.30. The van der Waals surface area contributed by atoms with Gasteiger partial charge in [0.2, 0.25) is 0 Å². The lowest BCUT2D eigenvalue weighted by atomic mass is 10.0. The number of unbranched alkanes of at least 4 members (excludes halogenated alkanes) is 29. The van der Waals surface area contributed by atoms with E-state index in [4.69, 9.17) is 14.2 Å². The SMILES string of the molecule is CC/C=C\C/C=C\C/C=C\CCCCCCOCC(COC(=O)CCCCCCCC/C=C\C/C=C\C/C=C\CCCCC)OC(=O)CCCCCCCCCCCCCCCCCCC. The Bertz CT molecular complexity index is 1180. The molecule has 0 aliphatic carbocycles. The van der Waals surface area contributed by atoms with E-state index in [-0.39, 0.29) is 25.2 Å². The van der Waals surface area contributed by atoms with E-state index in [1.807, 2.05) is 0 Å². The third-order valence-corrected chi connectivity index (χ3v) is 12.2. The Balaban J connectivity index is 4.30. The smallest absolute Gasteiger partial charge is 0.306 e. The van der Waals surface area contributed by atoms with Gasteiger partial charge in [-0.15, -0.1) is 0 Å². The third kappa shape index (κ3) is 54.0. The Kier molecular flexibility index (Phi) is 54.4. The third-order valence-electron chi connectivity index (χ3n) is 12.2. The maximum absolute atomic E-state index is 12.9. The molecule has 0 aromatic rings. The number of ether oxygens (including phenoxy) is 3. The van der Waals surface area contributed by atoms with Crippen LogP contribution in [-0.2, 0) is 23.8 Å². The fourth-order valence-electron chi connectivity index (χ4n) is 8.00. The van der Waals surface area contributed by atoms with Gasteiger partial charge in [0, 0.05) is 19.4 Å². The average molecular weight is 922 g/mol. The van der Waals surface area contributed by atoms with Crippen LogP contribution in [0.3, 0.4) is 0 Å². The zero-order valence-electron chi connectivity index (χ0n) is 44.0. The number of allylic oxidation sites excluding steroid dienone is 12. The zero-order chi connectivity index (χ0) is 47.7. The van der Waals surface area contributed by atoms with Crippen molar-refractivity contribution >= 4 is 11.9 Å². The van der Waals surface area contributed by atoms with Crippen molar-refractivity contribution in [1.29, 1.82) is 0 Å². The molecule has 0 amide bonds. The molecule has 5 heteroatoms. The first-order valence-electron chi connectivity index (χ1n) is 28.5. The Morgan fingerprint density at radius 2 is 0.682 bits per heavy atom. The fourth-order valence-corrected chi connectivity index (χ4v) is 8.00. The molecular weight excluding hydrogens is 813 g/mol. The molecule has 0 bridgehead atoms. The van der Waals surface area contributed by atoms with E-state index >= 15 is 0 Å². The Morgan fingerprint density at radius 1 is 0.348 bits per heavy atom. The Hall–Kier alpha value is -2.66. The van der Waals surface area contributed by atoms with Gasteiger partial charge < -0.3 is 14.2 Å². The minimum atomic E-state index is -0.554. The van der Waals surface area contributed by atoms with Crippen molar-refractivity contribution in [2.75, 3.05) is 19.8 Å². The highest BCUT2D eigenvalue weighted by atomic mass is 16.6. The maximum atomic E-state index is 12.9. The van der Waals surface area contributed by atoms with Gasteiger partial charge in [-0.1, -0.05) is 248 Å². The van der Waals surface area contributed by atoms with Crippen molar-refractivity contribution in [3.63, 3.8) is 0 Å². The predicted octanol–water partition coefficient (Wildman–Crippen LogP) is 19.5. The lowest BCUT2D eigenvalue weighted by molar-refractivity contribution is -0.163. The molecule has 1 atom stereocenters. The molecule has 0 N–H and O–H groups in total. The van der Waals surface area contributed by atoms with Crippen molar-refractivity contribution in [2.45, 2.75) is 284 Å². The molecule has 0 aliphatic rings. The summed E-state index contributed by atoms with van der Waals surface area (Å²) in [5, 5.41) is 0. The highest BCUT2D eigenvalue weighted by Crippen LogP contribution is 2.16. The number of hydrogen-bond acceptors (Lipinski definition) is 5. The summed E-state index contributed by atoms with van der Waals surface area (Å²) in [5.41, 5.74) is 0. The van der Waals surface area contributed by atoms with E-state index in [1.165, 1.54) is 154 Å². The van der Waals surface area contributed by atoms with E-state index in [1.54, 1.807) is 0 Å². The van der Waals surface area contributed by atoms with Gasteiger partial charge in [-0.05, 0) is 89.9 Å². The fraction of sp³-hybridized carbons (Fsp3) is 0.770. The molecule has 0 aromatic heterocycles. The summed E-state index contributed by atoms with van der Waals surface area (Å²) in [6.45, 7) is 7.66. The van der Waals surface area contributed by atoms with Crippen LogP contribution in [0.15, 0.2) is 72.9 Å². The van der Waals surface area contributed by atoms with Crippen molar-refractivity contribution in [1.82, 2.24) is 0 Å². The molecule has 0 aromatic carbocycles. The summed E-state index contributed by atoms with van der Waals surface area (Å²) >= 11 is 0. The second kappa shape index (κ2) is 56.7. The first-order valence-corrected chi connectivity index (χ1v) is 28.5. The summed E-state index contributed by atoms with van der Waals surface area (Å²) in [7, 11) is 0. The molecule has 0 rings (SSSR count). The van der Waals surface area contributed by atoms with Crippen LogP contribution in [0.2, 0.25) is 0 Å². The summed E-state index contributed by atoms with van der Waals surface area (Å²) in [5.74, 6) is -0.415. The van der Waals surface area contributed by atoms with Crippen LogP contribution in [-0.4, -0.2) is 37.9 Å².